The molecule has 1 aromatic carbocycles. The fourth-order valence-corrected chi connectivity index (χ4v) is 1.47. The Morgan fingerprint density at radius 1 is 1.29 bits per heavy atom. The van der Waals surface area contributed by atoms with Crippen LogP contribution in [0.4, 0.5) is 0 Å². The van der Waals surface area contributed by atoms with Gasteiger partial charge in [0.15, 0.2) is 0 Å². The second kappa shape index (κ2) is 5.94. The van der Waals surface area contributed by atoms with Gasteiger partial charge in [-0.2, -0.15) is 0 Å². The van der Waals surface area contributed by atoms with E-state index in [2.05, 4.69) is 0 Å². The third-order valence-corrected chi connectivity index (χ3v) is 2.49. The van der Waals surface area contributed by atoms with Crippen LogP contribution in [0, 0.1) is 0 Å². The van der Waals surface area contributed by atoms with Crippen molar-refractivity contribution in [3.05, 3.63) is 29.8 Å². The lowest BCUT2D eigenvalue weighted by molar-refractivity contribution is -0.125. The van der Waals surface area contributed by atoms with E-state index in [-0.39, 0.29) is 17.4 Å². The monoisotopic (exact) mass is 235 g/mol. The average molecular weight is 235 g/mol. The number of rotatable bonds is 4. The van der Waals surface area contributed by atoms with Crippen molar-refractivity contribution in [1.82, 2.24) is 4.90 Å². The van der Waals surface area contributed by atoms with E-state index >= 15 is 0 Å². The number of hydrogen-bond donors (Lipinski definition) is 2. The molecule has 0 aliphatic heterocycles. The van der Waals surface area contributed by atoms with Gasteiger partial charge in [0.2, 0.25) is 5.91 Å². The number of nitrogens with zero attached hydrogens (tertiary/aromatic N) is 1. The molecule has 0 heterocycles. The first-order valence-corrected chi connectivity index (χ1v) is 5.57. The number of phenols is 2. The molecule has 0 aliphatic carbocycles. The molecule has 17 heavy (non-hydrogen) atoms. The topological polar surface area (TPSA) is 60.8 Å². The first-order chi connectivity index (χ1) is 8.08. The van der Waals surface area contributed by atoms with Gasteiger partial charge in [-0.3, -0.25) is 4.79 Å². The molecular formula is C13H17NO3. The minimum atomic E-state index is -0.0949. The van der Waals surface area contributed by atoms with Crippen LogP contribution in [0.5, 0.6) is 11.5 Å². The molecule has 0 aliphatic rings. The summed E-state index contributed by atoms with van der Waals surface area (Å²) in [6, 6.07) is 4.25. The lowest BCUT2D eigenvalue weighted by Crippen LogP contribution is -2.28. The highest BCUT2D eigenvalue weighted by Gasteiger charge is 2.05. The lowest BCUT2D eigenvalue weighted by atomic mass is 10.1. The largest absolute Gasteiger partial charge is 0.508 e. The Hall–Kier alpha value is -1.97. The second-order valence-electron chi connectivity index (χ2n) is 3.59. The van der Waals surface area contributed by atoms with Crippen LogP contribution < -0.4 is 0 Å². The summed E-state index contributed by atoms with van der Waals surface area (Å²) in [7, 11) is 0. The molecule has 0 saturated carbocycles. The standard InChI is InChI=1S/C13H17NO3/c1-3-14(4-2)13(17)8-6-10-5-7-11(15)9-12(10)16/h5-9,15-16H,3-4H2,1-2H3/b8-6+. The summed E-state index contributed by atoms with van der Waals surface area (Å²) in [5, 5.41) is 18.6. The van der Waals surface area contributed by atoms with Crippen LogP contribution >= 0.6 is 0 Å². The summed E-state index contributed by atoms with van der Waals surface area (Å²) in [6.07, 6.45) is 2.95. The van der Waals surface area contributed by atoms with Gasteiger partial charge >= 0.3 is 0 Å². The average Bonchev–Trinajstić information content (AvgIpc) is 2.29. The van der Waals surface area contributed by atoms with E-state index < -0.39 is 0 Å². The van der Waals surface area contributed by atoms with E-state index in [1.54, 1.807) is 11.0 Å². The molecule has 0 spiro atoms. The van der Waals surface area contributed by atoms with Crippen molar-refractivity contribution in [2.75, 3.05) is 13.1 Å². The smallest absolute Gasteiger partial charge is 0.246 e. The third kappa shape index (κ3) is 3.52. The van der Waals surface area contributed by atoms with Gasteiger partial charge in [0, 0.05) is 30.8 Å². The van der Waals surface area contributed by atoms with Gasteiger partial charge in [-0.25, -0.2) is 0 Å². The number of phenolic OH excluding ortho intramolecular Hbond substituents is 2. The normalized spacial score (nSPS) is 10.7. The Kier molecular flexibility index (Phi) is 4.57. The minimum Gasteiger partial charge on any atom is -0.508 e. The van der Waals surface area contributed by atoms with Crippen LogP contribution in [0.25, 0.3) is 6.08 Å². The SMILES string of the molecule is CCN(CC)C(=O)/C=C/c1ccc(O)cc1O. The summed E-state index contributed by atoms with van der Waals surface area (Å²) in [5.74, 6) is -0.147. The second-order valence-corrected chi connectivity index (χ2v) is 3.59. The summed E-state index contributed by atoms with van der Waals surface area (Å²) in [4.78, 5) is 13.3. The molecule has 1 rings (SSSR count). The van der Waals surface area contributed by atoms with Gasteiger partial charge in [0.05, 0.1) is 0 Å². The van der Waals surface area contributed by atoms with Crippen molar-refractivity contribution >= 4 is 12.0 Å². The Morgan fingerprint density at radius 3 is 2.47 bits per heavy atom. The molecule has 0 saturated heterocycles. The zero-order chi connectivity index (χ0) is 12.8. The zero-order valence-corrected chi connectivity index (χ0v) is 10.1. The number of carbonyl (C=O) groups is 1. The number of aromatic hydroxyl groups is 2. The first-order valence-electron chi connectivity index (χ1n) is 5.57. The molecule has 92 valence electrons. The number of benzene rings is 1. The number of carbonyl (C=O) groups excluding carboxylic acids is 1. The van der Waals surface area contributed by atoms with E-state index in [1.807, 2.05) is 13.8 Å². The fourth-order valence-electron chi connectivity index (χ4n) is 1.47. The van der Waals surface area contributed by atoms with Crippen molar-refractivity contribution in [3.8, 4) is 11.5 Å². The molecule has 0 fully saturated rings. The lowest BCUT2D eigenvalue weighted by Gasteiger charge is -2.15. The highest BCUT2D eigenvalue weighted by atomic mass is 16.3. The Balaban J connectivity index is 2.80. The van der Waals surface area contributed by atoms with Crippen LogP contribution in [-0.2, 0) is 4.79 Å². The van der Waals surface area contributed by atoms with E-state index in [0.29, 0.717) is 18.7 Å². The van der Waals surface area contributed by atoms with Gasteiger partial charge < -0.3 is 15.1 Å². The van der Waals surface area contributed by atoms with Crippen molar-refractivity contribution < 1.29 is 15.0 Å². The molecular weight excluding hydrogens is 218 g/mol. The maximum absolute atomic E-state index is 11.7. The predicted octanol–water partition coefficient (Wildman–Crippen LogP) is 1.98. The fraction of sp³-hybridized carbons (Fsp3) is 0.308. The third-order valence-electron chi connectivity index (χ3n) is 2.49. The Morgan fingerprint density at radius 2 is 1.94 bits per heavy atom. The van der Waals surface area contributed by atoms with E-state index in [0.717, 1.165) is 0 Å². The van der Waals surface area contributed by atoms with Crippen LogP contribution in [0.1, 0.15) is 19.4 Å². The molecule has 0 unspecified atom stereocenters. The van der Waals surface area contributed by atoms with Crippen molar-refractivity contribution in [3.63, 3.8) is 0 Å². The molecule has 0 atom stereocenters. The Labute approximate surface area is 101 Å². The van der Waals surface area contributed by atoms with Crippen LogP contribution in [-0.4, -0.2) is 34.1 Å². The van der Waals surface area contributed by atoms with Crippen molar-refractivity contribution in [2.45, 2.75) is 13.8 Å². The van der Waals surface area contributed by atoms with E-state index in [9.17, 15) is 9.90 Å². The number of likely N-dealkylation sites (N-methyl/N-ethyl adjacent to an activating group) is 1. The number of amides is 1. The van der Waals surface area contributed by atoms with Crippen molar-refractivity contribution in [1.29, 1.82) is 0 Å². The highest BCUT2D eigenvalue weighted by Crippen LogP contribution is 2.23. The van der Waals surface area contributed by atoms with Gasteiger partial charge in [-0.1, -0.05) is 0 Å². The van der Waals surface area contributed by atoms with Gasteiger partial charge in [-0.05, 0) is 32.1 Å². The molecule has 0 aromatic heterocycles. The number of hydrogen-bond acceptors (Lipinski definition) is 3. The zero-order valence-electron chi connectivity index (χ0n) is 10.1. The minimum absolute atomic E-state index is 0.00489. The van der Waals surface area contributed by atoms with Gasteiger partial charge in [0.1, 0.15) is 11.5 Å². The van der Waals surface area contributed by atoms with Gasteiger partial charge in [0.25, 0.3) is 0 Å². The Bertz CT molecular complexity index is 423. The predicted molar refractivity (Wildman–Crippen MR) is 66.7 cm³/mol. The quantitative estimate of drug-likeness (QED) is 0.784. The van der Waals surface area contributed by atoms with Crippen LogP contribution in [0.15, 0.2) is 24.3 Å². The van der Waals surface area contributed by atoms with E-state index in [4.69, 9.17) is 5.11 Å². The van der Waals surface area contributed by atoms with Gasteiger partial charge in [-0.15, -0.1) is 0 Å². The summed E-state index contributed by atoms with van der Waals surface area (Å²) < 4.78 is 0. The molecule has 1 amide bonds. The molecule has 0 bridgehead atoms. The van der Waals surface area contributed by atoms with Crippen LogP contribution in [0.3, 0.4) is 0 Å². The molecule has 4 heteroatoms. The van der Waals surface area contributed by atoms with Crippen LogP contribution in [0.2, 0.25) is 0 Å². The first kappa shape index (κ1) is 13.1. The highest BCUT2D eigenvalue weighted by molar-refractivity contribution is 5.92. The molecule has 0 radical (unpaired) electrons. The molecule has 1 aromatic rings. The van der Waals surface area contributed by atoms with E-state index in [1.165, 1.54) is 24.3 Å². The summed E-state index contributed by atoms with van der Waals surface area (Å²) in [6.45, 7) is 5.13. The maximum atomic E-state index is 11.7. The summed E-state index contributed by atoms with van der Waals surface area (Å²) in [5.41, 5.74) is 0.503. The molecule has 4 nitrogen and oxygen atoms in total. The van der Waals surface area contributed by atoms with Crippen molar-refractivity contribution in [2.24, 2.45) is 0 Å². The summed E-state index contributed by atoms with van der Waals surface area (Å²) >= 11 is 0. The maximum Gasteiger partial charge on any atom is 0.246 e. The molecule has 2 N–H and O–H groups in total.